The Labute approximate surface area is 135 Å². The van der Waals surface area contributed by atoms with E-state index in [1.165, 1.54) is 17.7 Å². The van der Waals surface area contributed by atoms with Crippen LogP contribution in [0.25, 0.3) is 0 Å². The zero-order chi connectivity index (χ0) is 16.6. The van der Waals surface area contributed by atoms with E-state index in [-0.39, 0.29) is 16.8 Å². The van der Waals surface area contributed by atoms with E-state index in [9.17, 15) is 13.2 Å². The zero-order valence-corrected chi connectivity index (χ0v) is 13.6. The molecule has 0 aliphatic heterocycles. The van der Waals surface area contributed by atoms with E-state index in [1.807, 2.05) is 18.2 Å². The van der Waals surface area contributed by atoms with Gasteiger partial charge in [-0.1, -0.05) is 30.3 Å². The van der Waals surface area contributed by atoms with Crippen molar-refractivity contribution in [1.82, 2.24) is 5.32 Å². The summed E-state index contributed by atoms with van der Waals surface area (Å²) in [7, 11) is -3.85. The minimum atomic E-state index is -3.85. The molecule has 0 heterocycles. The molecule has 3 N–H and O–H groups in total. The first-order valence-corrected chi connectivity index (χ1v) is 8.93. The van der Waals surface area contributed by atoms with E-state index in [4.69, 9.17) is 5.14 Å². The summed E-state index contributed by atoms with van der Waals surface area (Å²) in [6.07, 6.45) is 1.77. The molecule has 0 aromatic heterocycles. The van der Waals surface area contributed by atoms with E-state index in [2.05, 4.69) is 11.4 Å². The third kappa shape index (κ3) is 3.00. The minimum Gasteiger partial charge on any atom is -0.345 e. The number of carbonyl (C=O) groups is 1. The van der Waals surface area contributed by atoms with Gasteiger partial charge in [-0.05, 0) is 48.6 Å². The molecule has 0 fully saturated rings. The molecule has 0 saturated heterocycles. The van der Waals surface area contributed by atoms with Gasteiger partial charge in [0.1, 0.15) is 0 Å². The van der Waals surface area contributed by atoms with Crippen LogP contribution in [0, 0.1) is 6.92 Å². The summed E-state index contributed by atoms with van der Waals surface area (Å²) in [4.78, 5) is 12.5. The van der Waals surface area contributed by atoms with E-state index in [1.54, 1.807) is 13.0 Å². The number of hydrogen-bond acceptors (Lipinski definition) is 3. The molecule has 120 valence electrons. The van der Waals surface area contributed by atoms with E-state index >= 15 is 0 Å². The second-order valence-electron chi connectivity index (χ2n) is 5.74. The van der Waals surface area contributed by atoms with Crippen LogP contribution in [0.1, 0.15) is 39.5 Å². The average molecular weight is 330 g/mol. The number of nitrogens with two attached hydrogens (primary N) is 1. The molecule has 0 unspecified atom stereocenters. The molecule has 2 aromatic rings. The maximum absolute atomic E-state index is 12.6. The Morgan fingerprint density at radius 3 is 2.65 bits per heavy atom. The second kappa shape index (κ2) is 5.79. The first kappa shape index (κ1) is 15.7. The summed E-state index contributed by atoms with van der Waals surface area (Å²) < 4.78 is 23.2. The molecule has 0 saturated carbocycles. The van der Waals surface area contributed by atoms with Crippen LogP contribution in [0.15, 0.2) is 47.4 Å². The molecule has 2 aromatic carbocycles. The molecule has 1 amide bonds. The van der Waals surface area contributed by atoms with Crippen molar-refractivity contribution >= 4 is 15.9 Å². The van der Waals surface area contributed by atoms with Crippen molar-refractivity contribution in [1.29, 1.82) is 0 Å². The van der Waals surface area contributed by atoms with Crippen LogP contribution in [-0.2, 0) is 16.4 Å². The maximum atomic E-state index is 12.6. The van der Waals surface area contributed by atoms with E-state index < -0.39 is 10.0 Å². The first-order chi connectivity index (χ1) is 10.9. The fourth-order valence-electron chi connectivity index (χ4n) is 3.11. The van der Waals surface area contributed by atoms with Gasteiger partial charge in [-0.2, -0.15) is 0 Å². The number of hydrogen-bond donors (Lipinski definition) is 2. The third-order valence-electron chi connectivity index (χ3n) is 4.27. The van der Waals surface area contributed by atoms with Crippen molar-refractivity contribution in [2.24, 2.45) is 5.14 Å². The third-order valence-corrected chi connectivity index (χ3v) is 5.33. The Morgan fingerprint density at radius 1 is 1.17 bits per heavy atom. The number of benzene rings is 2. The van der Waals surface area contributed by atoms with Gasteiger partial charge in [0.05, 0.1) is 10.9 Å². The van der Waals surface area contributed by atoms with E-state index in [0.29, 0.717) is 11.1 Å². The van der Waals surface area contributed by atoms with Crippen molar-refractivity contribution in [2.75, 3.05) is 0 Å². The summed E-state index contributed by atoms with van der Waals surface area (Å²) in [6, 6.07) is 12.5. The first-order valence-electron chi connectivity index (χ1n) is 7.39. The van der Waals surface area contributed by atoms with Gasteiger partial charge < -0.3 is 5.32 Å². The molecule has 3 rings (SSSR count). The van der Waals surface area contributed by atoms with Crippen molar-refractivity contribution in [2.45, 2.75) is 30.7 Å². The van der Waals surface area contributed by atoms with Crippen LogP contribution in [0.5, 0.6) is 0 Å². The highest BCUT2D eigenvalue weighted by molar-refractivity contribution is 7.89. The fraction of sp³-hybridized carbons (Fsp3) is 0.235. The average Bonchev–Trinajstić information content (AvgIpc) is 2.89. The van der Waals surface area contributed by atoms with Crippen LogP contribution in [0.4, 0.5) is 0 Å². The number of aryl methyl sites for hydroxylation is 1. The highest BCUT2D eigenvalue weighted by atomic mass is 32.2. The summed E-state index contributed by atoms with van der Waals surface area (Å²) >= 11 is 0. The Kier molecular flexibility index (Phi) is 3.95. The van der Waals surface area contributed by atoms with Crippen LogP contribution < -0.4 is 10.5 Å². The standard InChI is InChI=1S/C17H18N2O3S/c1-11-13(7-4-8-16(11)23(18,21)22)17(20)19-15-10-9-12-5-2-3-6-14(12)15/h2-8,15H,9-10H2,1H3,(H,19,20)(H2,18,21,22)/t15-/m1/s1. The van der Waals surface area contributed by atoms with Crippen LogP contribution in [0.2, 0.25) is 0 Å². The van der Waals surface area contributed by atoms with Crippen LogP contribution >= 0.6 is 0 Å². The summed E-state index contributed by atoms with van der Waals surface area (Å²) in [5.41, 5.74) is 3.08. The lowest BCUT2D eigenvalue weighted by Crippen LogP contribution is -2.28. The quantitative estimate of drug-likeness (QED) is 0.902. The number of primary sulfonamides is 1. The Hall–Kier alpha value is -2.18. The zero-order valence-electron chi connectivity index (χ0n) is 12.7. The van der Waals surface area contributed by atoms with Crippen LogP contribution in [-0.4, -0.2) is 14.3 Å². The van der Waals surface area contributed by atoms with Gasteiger partial charge in [0.2, 0.25) is 10.0 Å². The van der Waals surface area contributed by atoms with Crippen molar-refractivity contribution in [3.8, 4) is 0 Å². The van der Waals surface area contributed by atoms with Gasteiger partial charge in [-0.25, -0.2) is 13.6 Å². The van der Waals surface area contributed by atoms with Crippen LogP contribution in [0.3, 0.4) is 0 Å². The lowest BCUT2D eigenvalue weighted by Gasteiger charge is -2.16. The Balaban J connectivity index is 1.88. The number of fused-ring (bicyclic) bond motifs is 1. The molecule has 1 aliphatic carbocycles. The largest absolute Gasteiger partial charge is 0.345 e. The highest BCUT2D eigenvalue weighted by Crippen LogP contribution is 2.31. The smallest absolute Gasteiger partial charge is 0.252 e. The van der Waals surface area contributed by atoms with Gasteiger partial charge in [-0.3, -0.25) is 4.79 Å². The molecule has 0 radical (unpaired) electrons. The number of sulfonamides is 1. The molecule has 1 aliphatic rings. The molecule has 0 spiro atoms. The number of carbonyl (C=O) groups excluding carboxylic acids is 1. The number of nitrogens with one attached hydrogen (secondary N) is 1. The predicted octanol–water partition coefficient (Wildman–Crippen LogP) is 2.06. The summed E-state index contributed by atoms with van der Waals surface area (Å²) in [5, 5.41) is 8.19. The lowest BCUT2D eigenvalue weighted by atomic mass is 10.1. The van der Waals surface area contributed by atoms with Crippen molar-refractivity contribution < 1.29 is 13.2 Å². The van der Waals surface area contributed by atoms with E-state index in [0.717, 1.165) is 18.4 Å². The second-order valence-corrected chi connectivity index (χ2v) is 7.27. The fourth-order valence-corrected chi connectivity index (χ4v) is 3.92. The summed E-state index contributed by atoms with van der Waals surface area (Å²) in [6.45, 7) is 1.59. The maximum Gasteiger partial charge on any atom is 0.252 e. The molecule has 23 heavy (non-hydrogen) atoms. The minimum absolute atomic E-state index is 0.0167. The molecular formula is C17H18N2O3S. The normalized spacial score (nSPS) is 16.9. The van der Waals surface area contributed by atoms with Gasteiger partial charge >= 0.3 is 0 Å². The molecule has 5 nitrogen and oxygen atoms in total. The predicted molar refractivity (Wildman–Crippen MR) is 87.5 cm³/mol. The lowest BCUT2D eigenvalue weighted by molar-refractivity contribution is 0.0936. The highest BCUT2D eigenvalue weighted by Gasteiger charge is 2.25. The molecular weight excluding hydrogens is 312 g/mol. The monoisotopic (exact) mass is 330 g/mol. The van der Waals surface area contributed by atoms with Crippen molar-refractivity contribution in [3.05, 3.63) is 64.7 Å². The number of amides is 1. The van der Waals surface area contributed by atoms with Crippen molar-refractivity contribution in [3.63, 3.8) is 0 Å². The van der Waals surface area contributed by atoms with Gasteiger partial charge in [0.25, 0.3) is 5.91 Å². The number of rotatable bonds is 3. The molecule has 0 bridgehead atoms. The Bertz CT molecular complexity index is 875. The molecule has 1 atom stereocenters. The molecule has 6 heteroatoms. The Morgan fingerprint density at radius 2 is 1.91 bits per heavy atom. The van der Waals surface area contributed by atoms with Gasteiger partial charge in [0.15, 0.2) is 0 Å². The SMILES string of the molecule is Cc1c(C(=O)N[C@@H]2CCc3ccccc32)cccc1S(N)(=O)=O. The van der Waals surface area contributed by atoms with Gasteiger partial charge in [-0.15, -0.1) is 0 Å². The summed E-state index contributed by atoms with van der Waals surface area (Å²) in [5.74, 6) is -0.283. The topological polar surface area (TPSA) is 89.3 Å². The van der Waals surface area contributed by atoms with Gasteiger partial charge in [0, 0.05) is 5.56 Å².